The van der Waals surface area contributed by atoms with Crippen molar-refractivity contribution in [3.63, 3.8) is 0 Å². The summed E-state index contributed by atoms with van der Waals surface area (Å²) in [5, 5.41) is 3.86. The van der Waals surface area contributed by atoms with Crippen molar-refractivity contribution in [3.05, 3.63) is 47.6 Å². The summed E-state index contributed by atoms with van der Waals surface area (Å²) in [5.74, 6) is -0.694. The van der Waals surface area contributed by atoms with E-state index in [9.17, 15) is 14.0 Å². The van der Waals surface area contributed by atoms with Gasteiger partial charge in [0.25, 0.3) is 0 Å². The summed E-state index contributed by atoms with van der Waals surface area (Å²) in [5.41, 5.74) is 0.867. The number of hydrogen-bond acceptors (Lipinski definition) is 4. The van der Waals surface area contributed by atoms with Crippen LogP contribution < -0.4 is 4.90 Å². The number of aromatic nitrogens is 1. The molecule has 1 aliphatic rings. The first kappa shape index (κ1) is 16.2. The number of amides is 2. The molecular weight excluding hydrogens is 313 g/mol. The van der Waals surface area contributed by atoms with Gasteiger partial charge in [-0.1, -0.05) is 17.3 Å². The molecule has 126 valence electrons. The number of halogens is 1. The molecule has 1 aromatic heterocycles. The molecule has 0 N–H and O–H groups in total. The lowest BCUT2D eigenvalue weighted by molar-refractivity contribution is -0.135. The van der Waals surface area contributed by atoms with Crippen molar-refractivity contribution in [2.24, 2.45) is 5.92 Å². The smallest absolute Gasteiger partial charge is 0.228 e. The van der Waals surface area contributed by atoms with Crippen molar-refractivity contribution >= 4 is 17.5 Å². The van der Waals surface area contributed by atoms with Crippen molar-refractivity contribution in [2.75, 3.05) is 18.5 Å². The van der Waals surface area contributed by atoms with Gasteiger partial charge >= 0.3 is 0 Å². The van der Waals surface area contributed by atoms with E-state index >= 15 is 0 Å². The fourth-order valence-corrected chi connectivity index (χ4v) is 2.90. The number of carbonyl (C=O) groups is 2. The molecule has 3 rings (SSSR count). The lowest BCUT2D eigenvalue weighted by atomic mass is 10.1. The van der Waals surface area contributed by atoms with Crippen LogP contribution in [0.3, 0.4) is 0 Å². The number of rotatable bonds is 4. The third-order valence-corrected chi connectivity index (χ3v) is 4.07. The molecule has 0 saturated carbocycles. The fourth-order valence-electron chi connectivity index (χ4n) is 2.90. The van der Waals surface area contributed by atoms with Gasteiger partial charge in [0.15, 0.2) is 0 Å². The van der Waals surface area contributed by atoms with E-state index in [-0.39, 0.29) is 30.5 Å². The zero-order valence-corrected chi connectivity index (χ0v) is 13.5. The molecule has 0 aliphatic carbocycles. The normalized spacial score (nSPS) is 17.4. The number of carbonyl (C=O) groups excluding carboxylic acids is 2. The summed E-state index contributed by atoms with van der Waals surface area (Å²) in [6.45, 7) is 2.27. The van der Waals surface area contributed by atoms with E-state index in [0.717, 1.165) is 0 Å². The molecule has 2 aromatic rings. The molecule has 0 bridgehead atoms. The maximum absolute atomic E-state index is 13.9. The Morgan fingerprint density at radius 2 is 2.21 bits per heavy atom. The van der Waals surface area contributed by atoms with Crippen LogP contribution >= 0.6 is 0 Å². The predicted octanol–water partition coefficient (Wildman–Crippen LogP) is 2.13. The Balaban J connectivity index is 1.68. The summed E-state index contributed by atoms with van der Waals surface area (Å²) in [6.07, 6.45) is 0.0787. The van der Waals surface area contributed by atoms with Crippen LogP contribution in [-0.2, 0) is 16.1 Å². The molecule has 1 atom stereocenters. The number of hydrogen-bond donors (Lipinski definition) is 0. The van der Waals surface area contributed by atoms with Crippen LogP contribution in [0.1, 0.15) is 17.9 Å². The second-order valence-electron chi connectivity index (χ2n) is 5.98. The molecule has 1 aliphatic heterocycles. The lowest BCUT2D eigenvalue weighted by Gasteiger charge is -2.20. The monoisotopic (exact) mass is 331 g/mol. The summed E-state index contributed by atoms with van der Waals surface area (Å²) in [6, 6.07) is 7.84. The van der Waals surface area contributed by atoms with Crippen molar-refractivity contribution in [1.29, 1.82) is 0 Å². The van der Waals surface area contributed by atoms with Crippen LogP contribution in [-0.4, -0.2) is 35.5 Å². The number of anilines is 1. The highest BCUT2D eigenvalue weighted by Gasteiger charge is 2.37. The minimum atomic E-state index is -0.491. The Morgan fingerprint density at radius 1 is 1.46 bits per heavy atom. The molecule has 2 heterocycles. The molecule has 1 saturated heterocycles. The van der Waals surface area contributed by atoms with E-state index < -0.39 is 11.7 Å². The van der Waals surface area contributed by atoms with Crippen molar-refractivity contribution in [2.45, 2.75) is 19.9 Å². The molecule has 1 unspecified atom stereocenters. The summed E-state index contributed by atoms with van der Waals surface area (Å²) < 4.78 is 18.9. The van der Waals surface area contributed by atoms with Gasteiger partial charge < -0.3 is 14.3 Å². The van der Waals surface area contributed by atoms with E-state index in [1.807, 2.05) is 0 Å². The second kappa shape index (κ2) is 6.43. The molecule has 0 spiro atoms. The predicted molar refractivity (Wildman–Crippen MR) is 84.6 cm³/mol. The highest BCUT2D eigenvalue weighted by molar-refractivity contribution is 6.00. The first-order chi connectivity index (χ1) is 11.5. The summed E-state index contributed by atoms with van der Waals surface area (Å²) >= 11 is 0. The standard InChI is InChI=1S/C17H18FN3O3/c1-11-7-13(19-24-11)10-20(2)17(23)12-8-16(22)21(9-12)15-6-4-3-5-14(15)18/h3-7,12H,8-10H2,1-2H3. The van der Waals surface area contributed by atoms with Crippen LogP contribution in [0.25, 0.3) is 0 Å². The molecule has 0 radical (unpaired) electrons. The van der Waals surface area contributed by atoms with Crippen LogP contribution in [0.4, 0.5) is 10.1 Å². The SMILES string of the molecule is Cc1cc(CN(C)C(=O)C2CC(=O)N(c3ccccc3F)C2)no1. The van der Waals surface area contributed by atoms with E-state index in [1.165, 1.54) is 15.9 Å². The quantitative estimate of drug-likeness (QED) is 0.861. The van der Waals surface area contributed by atoms with Crippen molar-refractivity contribution < 1.29 is 18.5 Å². The Labute approximate surface area is 138 Å². The van der Waals surface area contributed by atoms with Gasteiger partial charge in [-0.05, 0) is 19.1 Å². The van der Waals surface area contributed by atoms with Crippen molar-refractivity contribution in [3.8, 4) is 0 Å². The van der Waals surface area contributed by atoms with E-state index in [0.29, 0.717) is 18.0 Å². The van der Waals surface area contributed by atoms with Crippen LogP contribution in [0.5, 0.6) is 0 Å². The highest BCUT2D eigenvalue weighted by atomic mass is 19.1. The van der Waals surface area contributed by atoms with Crippen LogP contribution in [0.2, 0.25) is 0 Å². The zero-order valence-electron chi connectivity index (χ0n) is 13.5. The Kier molecular flexibility index (Phi) is 4.33. The molecule has 2 amide bonds. The van der Waals surface area contributed by atoms with Gasteiger partial charge in [0, 0.05) is 26.1 Å². The first-order valence-corrected chi connectivity index (χ1v) is 7.68. The Bertz CT molecular complexity index is 774. The average molecular weight is 331 g/mol. The average Bonchev–Trinajstić information content (AvgIpc) is 3.13. The van der Waals surface area contributed by atoms with Gasteiger partial charge in [-0.2, -0.15) is 0 Å². The maximum Gasteiger partial charge on any atom is 0.228 e. The van der Waals surface area contributed by atoms with Crippen molar-refractivity contribution in [1.82, 2.24) is 10.1 Å². The van der Waals surface area contributed by atoms with E-state index in [1.54, 1.807) is 38.2 Å². The highest BCUT2D eigenvalue weighted by Crippen LogP contribution is 2.28. The van der Waals surface area contributed by atoms with Gasteiger partial charge in [-0.3, -0.25) is 9.59 Å². The van der Waals surface area contributed by atoms with Gasteiger partial charge in [0.2, 0.25) is 11.8 Å². The van der Waals surface area contributed by atoms with Gasteiger partial charge in [0.05, 0.1) is 18.2 Å². The fraction of sp³-hybridized carbons (Fsp3) is 0.353. The topological polar surface area (TPSA) is 66.7 Å². The van der Waals surface area contributed by atoms with Gasteiger partial charge in [-0.15, -0.1) is 0 Å². The molecule has 6 nitrogen and oxygen atoms in total. The van der Waals surface area contributed by atoms with Crippen LogP contribution in [0.15, 0.2) is 34.9 Å². The third kappa shape index (κ3) is 3.15. The second-order valence-corrected chi connectivity index (χ2v) is 5.98. The molecule has 7 heteroatoms. The minimum absolute atomic E-state index is 0.0787. The number of aryl methyl sites for hydroxylation is 1. The van der Waals surface area contributed by atoms with Gasteiger partial charge in [0.1, 0.15) is 17.3 Å². The van der Waals surface area contributed by atoms with E-state index in [2.05, 4.69) is 5.16 Å². The summed E-state index contributed by atoms with van der Waals surface area (Å²) in [4.78, 5) is 27.6. The molecule has 24 heavy (non-hydrogen) atoms. The largest absolute Gasteiger partial charge is 0.361 e. The number of nitrogens with zero attached hydrogens (tertiary/aromatic N) is 3. The summed E-state index contributed by atoms with van der Waals surface area (Å²) in [7, 11) is 1.66. The minimum Gasteiger partial charge on any atom is -0.361 e. The van der Waals surface area contributed by atoms with Gasteiger partial charge in [-0.25, -0.2) is 4.39 Å². The first-order valence-electron chi connectivity index (χ1n) is 7.68. The van der Waals surface area contributed by atoms with E-state index in [4.69, 9.17) is 4.52 Å². The van der Waals surface area contributed by atoms with Crippen LogP contribution in [0, 0.1) is 18.7 Å². The maximum atomic E-state index is 13.9. The number of benzene rings is 1. The Morgan fingerprint density at radius 3 is 2.88 bits per heavy atom. The molecule has 1 aromatic carbocycles. The third-order valence-electron chi connectivity index (χ3n) is 4.07. The molecular formula is C17H18FN3O3. The lowest BCUT2D eigenvalue weighted by Crippen LogP contribution is -2.34. The Hall–Kier alpha value is -2.70. The number of para-hydroxylation sites is 1. The molecule has 1 fully saturated rings. The zero-order chi connectivity index (χ0) is 17.3.